The Labute approximate surface area is 200 Å². The predicted octanol–water partition coefficient (Wildman–Crippen LogP) is 6.35. The average Bonchev–Trinajstić information content (AvgIpc) is 2.78. The molecular weight excluding hydrogens is 457 g/mol. The van der Waals surface area contributed by atoms with Crippen molar-refractivity contribution in [3.8, 4) is 5.75 Å². The molecule has 0 heterocycles. The van der Waals surface area contributed by atoms with E-state index in [2.05, 4.69) is 4.62 Å². The summed E-state index contributed by atoms with van der Waals surface area (Å²) < 4.78 is 22.1. The molecule has 0 radical (unpaired) electrons. The molecule has 2 fully saturated rings. The highest BCUT2D eigenvalue weighted by atomic mass is 31.2. The highest BCUT2D eigenvalue weighted by Gasteiger charge is 2.39. The van der Waals surface area contributed by atoms with Gasteiger partial charge in [0.1, 0.15) is 5.75 Å². The lowest BCUT2D eigenvalue weighted by Gasteiger charge is -2.42. The lowest BCUT2D eigenvalue weighted by atomic mass is 9.65. The molecule has 1 spiro atoms. The molecule has 34 heavy (non-hydrogen) atoms. The van der Waals surface area contributed by atoms with Gasteiger partial charge in [0, 0.05) is 0 Å². The van der Waals surface area contributed by atoms with Crippen LogP contribution in [0.4, 0.5) is 4.79 Å². The third kappa shape index (κ3) is 5.57. The number of hydrogen-bond acceptors (Lipinski definition) is 4. The largest absolute Gasteiger partial charge is 0.491 e. The second kappa shape index (κ2) is 9.50. The molecule has 1 amide bonds. The van der Waals surface area contributed by atoms with E-state index in [1.165, 1.54) is 58.8 Å². The number of ether oxygens (including phenoxy) is 1. The SMILES string of the molecule is CC(C)(c1ccc2cc(OC3CCC4(CCCCC4)CC3)ccc2c1)N(OP(=O)(O)O)C(=O)O. The molecule has 2 aromatic rings. The highest BCUT2D eigenvalue weighted by molar-refractivity contribution is 7.46. The number of fused-ring (bicyclic) bond motifs is 1. The summed E-state index contributed by atoms with van der Waals surface area (Å²) >= 11 is 0. The molecular formula is C25H34NO7P. The first-order valence-electron chi connectivity index (χ1n) is 12.0. The van der Waals surface area contributed by atoms with Crippen LogP contribution >= 0.6 is 7.82 Å². The summed E-state index contributed by atoms with van der Waals surface area (Å²) in [5.41, 5.74) is -0.250. The van der Waals surface area contributed by atoms with Gasteiger partial charge in [-0.15, -0.1) is 0 Å². The summed E-state index contributed by atoms with van der Waals surface area (Å²) in [6.45, 7) is 3.05. The van der Waals surface area contributed by atoms with Gasteiger partial charge >= 0.3 is 13.9 Å². The van der Waals surface area contributed by atoms with Crippen molar-refractivity contribution in [3.63, 3.8) is 0 Å². The fourth-order valence-corrected chi connectivity index (χ4v) is 6.08. The Bertz CT molecular complexity index is 1080. The Morgan fingerprint density at radius 3 is 2.24 bits per heavy atom. The van der Waals surface area contributed by atoms with Crippen molar-refractivity contribution in [1.82, 2.24) is 5.06 Å². The number of nitrogens with zero attached hydrogens (tertiary/aromatic N) is 1. The summed E-state index contributed by atoms with van der Waals surface area (Å²) in [5, 5.41) is 11.6. The third-order valence-electron chi connectivity index (χ3n) is 7.60. The van der Waals surface area contributed by atoms with Gasteiger partial charge in [-0.05, 0) is 92.3 Å². The lowest BCUT2D eigenvalue weighted by molar-refractivity contribution is -0.122. The summed E-state index contributed by atoms with van der Waals surface area (Å²) in [5.74, 6) is 0.820. The number of phosphoric acid groups is 1. The first kappa shape index (κ1) is 25.0. The molecule has 9 heteroatoms. The van der Waals surface area contributed by atoms with Crippen molar-refractivity contribution in [2.24, 2.45) is 5.41 Å². The van der Waals surface area contributed by atoms with E-state index < -0.39 is 19.5 Å². The monoisotopic (exact) mass is 491 g/mol. The summed E-state index contributed by atoms with van der Waals surface area (Å²) in [6.07, 6.45) is 10.2. The number of carbonyl (C=O) groups is 1. The maximum Gasteiger partial charge on any atom is 0.491 e. The Balaban J connectivity index is 1.47. The summed E-state index contributed by atoms with van der Waals surface area (Å²) in [7, 11) is -5.05. The summed E-state index contributed by atoms with van der Waals surface area (Å²) in [6, 6.07) is 11.2. The number of hydroxylamine groups is 2. The topological polar surface area (TPSA) is 117 Å². The molecule has 8 nitrogen and oxygen atoms in total. The number of amides is 1. The molecule has 3 N–H and O–H groups in total. The minimum Gasteiger partial charge on any atom is -0.490 e. The number of hydrogen-bond donors (Lipinski definition) is 3. The maximum absolute atomic E-state index is 11.6. The molecule has 0 saturated heterocycles. The lowest BCUT2D eigenvalue weighted by Crippen LogP contribution is -2.44. The Kier molecular flexibility index (Phi) is 6.98. The second-order valence-electron chi connectivity index (χ2n) is 10.3. The molecule has 0 unspecified atom stereocenters. The second-order valence-corrected chi connectivity index (χ2v) is 11.5. The molecule has 2 aromatic carbocycles. The van der Waals surface area contributed by atoms with Crippen molar-refractivity contribution in [2.75, 3.05) is 0 Å². The first-order valence-corrected chi connectivity index (χ1v) is 13.5. The van der Waals surface area contributed by atoms with Crippen LogP contribution in [0.1, 0.15) is 77.2 Å². The molecule has 186 valence electrons. The first-order chi connectivity index (χ1) is 16.0. The zero-order chi connectivity index (χ0) is 24.6. The van der Waals surface area contributed by atoms with E-state index in [1.54, 1.807) is 12.1 Å². The van der Waals surface area contributed by atoms with Gasteiger partial charge in [0.05, 0.1) is 11.6 Å². The van der Waals surface area contributed by atoms with Crippen LogP contribution in [0.3, 0.4) is 0 Å². The molecule has 4 rings (SSSR count). The maximum atomic E-state index is 11.6. The number of benzene rings is 2. The van der Waals surface area contributed by atoms with Crippen LogP contribution in [0.2, 0.25) is 0 Å². The van der Waals surface area contributed by atoms with Gasteiger partial charge in [0.2, 0.25) is 0 Å². The molecule has 0 bridgehead atoms. The molecule has 2 saturated carbocycles. The van der Waals surface area contributed by atoms with Crippen LogP contribution in [0.25, 0.3) is 10.8 Å². The molecule has 2 aliphatic carbocycles. The van der Waals surface area contributed by atoms with Gasteiger partial charge < -0.3 is 19.6 Å². The van der Waals surface area contributed by atoms with E-state index in [0.29, 0.717) is 16.0 Å². The van der Waals surface area contributed by atoms with Gasteiger partial charge in [-0.1, -0.05) is 37.5 Å². The van der Waals surface area contributed by atoms with E-state index in [0.717, 1.165) is 29.4 Å². The van der Waals surface area contributed by atoms with E-state index in [-0.39, 0.29) is 6.10 Å². The minimum atomic E-state index is -5.05. The van der Waals surface area contributed by atoms with Crippen LogP contribution in [0.5, 0.6) is 5.75 Å². The van der Waals surface area contributed by atoms with E-state index in [9.17, 15) is 14.5 Å². The van der Waals surface area contributed by atoms with Crippen LogP contribution in [-0.4, -0.2) is 32.2 Å². The van der Waals surface area contributed by atoms with E-state index in [1.807, 2.05) is 24.3 Å². The van der Waals surface area contributed by atoms with Gasteiger partial charge in [0.15, 0.2) is 0 Å². The van der Waals surface area contributed by atoms with Gasteiger partial charge in [-0.2, -0.15) is 9.69 Å². The van der Waals surface area contributed by atoms with Crippen molar-refractivity contribution >= 4 is 24.7 Å². The highest BCUT2D eigenvalue weighted by Crippen LogP contribution is 2.48. The van der Waals surface area contributed by atoms with Crippen molar-refractivity contribution in [2.45, 2.75) is 83.3 Å². The molecule has 2 aliphatic rings. The average molecular weight is 492 g/mol. The number of rotatable bonds is 6. The standard InChI is InChI=1S/C25H34NO7P/c1-24(2,26(23(27)28)33-34(29,30)31)20-8-6-19-17-22(9-7-18(19)16-20)32-21-10-14-25(15-11-21)12-4-3-5-13-25/h6-9,16-17,21H,3-5,10-15H2,1-2H3,(H,27,28)(H2,29,30,31). The van der Waals surface area contributed by atoms with Gasteiger partial charge in [-0.3, -0.25) is 0 Å². The van der Waals surface area contributed by atoms with Gasteiger partial charge in [-0.25, -0.2) is 9.36 Å². The number of carboxylic acid groups (broad SMARTS) is 1. The van der Waals surface area contributed by atoms with Crippen LogP contribution < -0.4 is 4.74 Å². The molecule has 0 aromatic heterocycles. The van der Waals surface area contributed by atoms with E-state index >= 15 is 0 Å². The zero-order valence-electron chi connectivity index (χ0n) is 19.8. The minimum absolute atomic E-state index is 0.233. The quantitative estimate of drug-likeness (QED) is 0.318. The zero-order valence-corrected chi connectivity index (χ0v) is 20.7. The summed E-state index contributed by atoms with van der Waals surface area (Å²) in [4.78, 5) is 29.9. The van der Waals surface area contributed by atoms with Gasteiger partial charge in [0.25, 0.3) is 0 Å². The molecule has 0 aliphatic heterocycles. The smallest absolute Gasteiger partial charge is 0.490 e. The van der Waals surface area contributed by atoms with E-state index in [4.69, 9.17) is 14.5 Å². The Hall–Kier alpha value is -2.12. The Morgan fingerprint density at radius 1 is 1.00 bits per heavy atom. The fraction of sp³-hybridized carbons (Fsp3) is 0.560. The van der Waals surface area contributed by atoms with Crippen LogP contribution in [-0.2, 0) is 14.7 Å². The Morgan fingerprint density at radius 2 is 1.62 bits per heavy atom. The van der Waals surface area contributed by atoms with Crippen molar-refractivity contribution in [1.29, 1.82) is 0 Å². The fourth-order valence-electron chi connectivity index (χ4n) is 5.59. The normalized spacial score (nSPS) is 19.3. The van der Waals surface area contributed by atoms with Crippen LogP contribution in [0.15, 0.2) is 36.4 Å². The van der Waals surface area contributed by atoms with Crippen molar-refractivity contribution in [3.05, 3.63) is 42.0 Å². The van der Waals surface area contributed by atoms with Crippen LogP contribution in [0, 0.1) is 5.41 Å². The molecule has 0 atom stereocenters. The third-order valence-corrected chi connectivity index (χ3v) is 7.97. The predicted molar refractivity (Wildman–Crippen MR) is 128 cm³/mol. The van der Waals surface area contributed by atoms with Crippen molar-refractivity contribution < 1.29 is 33.6 Å².